The molecule has 0 saturated heterocycles. The van der Waals surface area contributed by atoms with E-state index in [0.29, 0.717) is 24.0 Å². The number of nitrogens with one attached hydrogen (secondary N) is 1. The number of H-pyrrole nitrogens is 1. The molecule has 2 heterocycles. The van der Waals surface area contributed by atoms with Crippen molar-refractivity contribution in [2.45, 2.75) is 37.8 Å². The van der Waals surface area contributed by atoms with Gasteiger partial charge in [-0.2, -0.15) is 5.26 Å². The van der Waals surface area contributed by atoms with Gasteiger partial charge in [0.1, 0.15) is 4.83 Å². The van der Waals surface area contributed by atoms with Gasteiger partial charge >= 0.3 is 0 Å². The minimum atomic E-state index is -0.107. The number of hydrogen-bond acceptors (Lipinski definition) is 6. The Morgan fingerprint density at radius 1 is 1.56 bits per heavy atom. The third-order valence-corrected chi connectivity index (χ3v) is 6.47. The van der Waals surface area contributed by atoms with Gasteiger partial charge in [-0.05, 0) is 30.7 Å². The van der Waals surface area contributed by atoms with E-state index in [1.54, 1.807) is 18.4 Å². The summed E-state index contributed by atoms with van der Waals surface area (Å²) in [6.07, 6.45) is 3.38. The minimum absolute atomic E-state index is 0.0812. The molecule has 8 heteroatoms. The van der Waals surface area contributed by atoms with Crippen molar-refractivity contribution in [1.82, 2.24) is 14.9 Å². The molecule has 1 aliphatic rings. The standard InChI is InChI=1S/C17H20N4O2S2/c1-10-4-5-11-12(8-10)25-16-14(11)15(23)19-17(20-16)24-9-13(22)21(2)7-3-6-18/h10H,3-5,7-9H2,1-2H3,(H,19,20,23)/t10-/m0/s1. The van der Waals surface area contributed by atoms with E-state index >= 15 is 0 Å². The zero-order valence-electron chi connectivity index (χ0n) is 14.3. The molecule has 2 aromatic rings. The highest BCUT2D eigenvalue weighted by atomic mass is 32.2. The number of thioether (sulfide) groups is 1. The summed E-state index contributed by atoms with van der Waals surface area (Å²) in [7, 11) is 1.67. The average Bonchev–Trinajstić information content (AvgIpc) is 2.95. The van der Waals surface area contributed by atoms with Crippen molar-refractivity contribution >= 4 is 39.2 Å². The Morgan fingerprint density at radius 2 is 2.36 bits per heavy atom. The lowest BCUT2D eigenvalue weighted by atomic mass is 9.89. The van der Waals surface area contributed by atoms with Gasteiger partial charge in [-0.25, -0.2) is 4.98 Å². The van der Waals surface area contributed by atoms with Gasteiger partial charge in [0, 0.05) is 18.5 Å². The van der Waals surface area contributed by atoms with Crippen LogP contribution in [0.3, 0.4) is 0 Å². The first kappa shape index (κ1) is 18.0. The molecule has 0 radical (unpaired) electrons. The Kier molecular flexibility index (Phi) is 5.45. The maximum absolute atomic E-state index is 12.5. The molecule has 0 aliphatic heterocycles. The molecule has 2 aromatic heterocycles. The number of carbonyl (C=O) groups is 1. The second-order valence-corrected chi connectivity index (χ2v) is 8.46. The summed E-state index contributed by atoms with van der Waals surface area (Å²) >= 11 is 2.84. The van der Waals surface area contributed by atoms with Crippen LogP contribution < -0.4 is 5.56 Å². The SMILES string of the molecule is C[C@H]1CCc2c(sc3nc(SCC(=O)N(C)CCC#N)[nH]c(=O)c23)C1. The molecule has 1 amide bonds. The van der Waals surface area contributed by atoms with Crippen molar-refractivity contribution < 1.29 is 4.79 Å². The van der Waals surface area contributed by atoms with E-state index in [4.69, 9.17) is 5.26 Å². The van der Waals surface area contributed by atoms with Crippen LogP contribution >= 0.6 is 23.1 Å². The van der Waals surface area contributed by atoms with E-state index in [-0.39, 0.29) is 17.2 Å². The molecule has 0 unspecified atom stereocenters. The van der Waals surface area contributed by atoms with Crippen molar-refractivity contribution in [2.75, 3.05) is 19.3 Å². The lowest BCUT2D eigenvalue weighted by Crippen LogP contribution is -2.29. The van der Waals surface area contributed by atoms with Crippen LogP contribution in [0.4, 0.5) is 0 Å². The van der Waals surface area contributed by atoms with E-state index in [9.17, 15) is 9.59 Å². The van der Waals surface area contributed by atoms with Gasteiger partial charge in [0.2, 0.25) is 5.91 Å². The van der Waals surface area contributed by atoms with Crippen LogP contribution in [0, 0.1) is 17.2 Å². The maximum atomic E-state index is 12.5. The fourth-order valence-electron chi connectivity index (χ4n) is 2.98. The molecule has 0 saturated carbocycles. The molecule has 1 aliphatic carbocycles. The van der Waals surface area contributed by atoms with Crippen LogP contribution in [0.25, 0.3) is 10.2 Å². The summed E-state index contributed by atoms with van der Waals surface area (Å²) in [5.41, 5.74) is 1.06. The van der Waals surface area contributed by atoms with Crippen LogP contribution in [0.2, 0.25) is 0 Å². The third kappa shape index (κ3) is 3.88. The van der Waals surface area contributed by atoms with Crippen LogP contribution in [0.5, 0.6) is 0 Å². The lowest BCUT2D eigenvalue weighted by molar-refractivity contribution is -0.127. The van der Waals surface area contributed by atoms with Gasteiger partial charge in [-0.1, -0.05) is 18.7 Å². The van der Waals surface area contributed by atoms with E-state index in [1.165, 1.54) is 21.5 Å². The fourth-order valence-corrected chi connectivity index (χ4v) is 5.22. The molecule has 6 nitrogen and oxygen atoms in total. The smallest absolute Gasteiger partial charge is 0.260 e. The van der Waals surface area contributed by atoms with Crippen LogP contribution in [-0.4, -0.2) is 40.1 Å². The number of thiophene rings is 1. The first-order valence-electron chi connectivity index (χ1n) is 8.28. The number of aromatic nitrogens is 2. The van der Waals surface area contributed by atoms with Crippen molar-refractivity contribution in [3.63, 3.8) is 0 Å². The van der Waals surface area contributed by atoms with Crippen molar-refractivity contribution in [3.8, 4) is 6.07 Å². The lowest BCUT2D eigenvalue weighted by Gasteiger charge is -2.17. The Balaban J connectivity index is 1.77. The number of aromatic amines is 1. The summed E-state index contributed by atoms with van der Waals surface area (Å²) in [6.45, 7) is 2.65. The summed E-state index contributed by atoms with van der Waals surface area (Å²) in [5, 5.41) is 9.79. The fraction of sp³-hybridized carbons (Fsp3) is 0.529. The van der Waals surface area contributed by atoms with Crippen molar-refractivity contribution in [3.05, 3.63) is 20.8 Å². The number of aryl methyl sites for hydroxylation is 1. The third-order valence-electron chi connectivity index (χ3n) is 4.46. The molecule has 0 spiro atoms. The molecule has 132 valence electrons. The molecule has 1 atom stereocenters. The Bertz CT molecular complexity index is 896. The maximum Gasteiger partial charge on any atom is 0.260 e. The monoisotopic (exact) mass is 376 g/mol. The molecular formula is C17H20N4O2S2. The van der Waals surface area contributed by atoms with Gasteiger partial charge in [0.15, 0.2) is 5.16 Å². The highest BCUT2D eigenvalue weighted by Crippen LogP contribution is 2.36. The second kappa shape index (κ2) is 7.58. The van der Waals surface area contributed by atoms with Gasteiger partial charge in [0.05, 0.1) is 23.6 Å². The predicted octanol–water partition coefficient (Wildman–Crippen LogP) is 2.57. The van der Waals surface area contributed by atoms with Crippen LogP contribution in [-0.2, 0) is 17.6 Å². The number of hydrogen-bond donors (Lipinski definition) is 1. The van der Waals surface area contributed by atoms with E-state index in [2.05, 4.69) is 16.9 Å². The highest BCUT2D eigenvalue weighted by Gasteiger charge is 2.23. The molecule has 3 rings (SSSR count). The zero-order chi connectivity index (χ0) is 18.0. The number of nitrogens with zero attached hydrogens (tertiary/aromatic N) is 3. The van der Waals surface area contributed by atoms with Gasteiger partial charge in [-0.3, -0.25) is 9.59 Å². The average molecular weight is 377 g/mol. The first-order valence-corrected chi connectivity index (χ1v) is 10.1. The van der Waals surface area contributed by atoms with Gasteiger partial charge < -0.3 is 9.88 Å². The largest absolute Gasteiger partial charge is 0.344 e. The van der Waals surface area contributed by atoms with E-state index < -0.39 is 0 Å². The number of nitriles is 1. The van der Waals surface area contributed by atoms with E-state index in [1.807, 2.05) is 6.07 Å². The number of carbonyl (C=O) groups excluding carboxylic acids is 1. The summed E-state index contributed by atoms with van der Waals surface area (Å²) < 4.78 is 0. The summed E-state index contributed by atoms with van der Waals surface area (Å²) in [6, 6.07) is 2.02. The molecule has 1 N–H and O–H groups in total. The Labute approximate surface area is 154 Å². The summed E-state index contributed by atoms with van der Waals surface area (Å²) in [5.74, 6) is 0.760. The molecule has 0 fully saturated rings. The second-order valence-electron chi connectivity index (χ2n) is 6.42. The number of amides is 1. The van der Waals surface area contributed by atoms with Crippen LogP contribution in [0.1, 0.15) is 30.2 Å². The molecule has 25 heavy (non-hydrogen) atoms. The molecule has 0 aromatic carbocycles. The topological polar surface area (TPSA) is 89.8 Å². The van der Waals surface area contributed by atoms with Crippen molar-refractivity contribution in [1.29, 1.82) is 5.26 Å². The van der Waals surface area contributed by atoms with Crippen LogP contribution in [0.15, 0.2) is 9.95 Å². The zero-order valence-corrected chi connectivity index (χ0v) is 15.9. The van der Waals surface area contributed by atoms with Gasteiger partial charge in [0.25, 0.3) is 5.56 Å². The predicted molar refractivity (Wildman–Crippen MR) is 100 cm³/mol. The normalized spacial score (nSPS) is 16.4. The Morgan fingerprint density at radius 3 is 3.12 bits per heavy atom. The molecule has 0 bridgehead atoms. The first-order chi connectivity index (χ1) is 12.0. The minimum Gasteiger partial charge on any atom is -0.344 e. The summed E-state index contributed by atoms with van der Waals surface area (Å²) in [4.78, 5) is 35.5. The number of fused-ring (bicyclic) bond motifs is 3. The van der Waals surface area contributed by atoms with Crippen molar-refractivity contribution in [2.24, 2.45) is 5.92 Å². The highest BCUT2D eigenvalue weighted by molar-refractivity contribution is 7.99. The number of rotatable bonds is 5. The molecular weight excluding hydrogens is 356 g/mol. The Hall–Kier alpha value is -1.85. The quantitative estimate of drug-likeness (QED) is 0.640. The van der Waals surface area contributed by atoms with E-state index in [0.717, 1.165) is 35.0 Å². The van der Waals surface area contributed by atoms with Gasteiger partial charge in [-0.15, -0.1) is 11.3 Å².